The third-order valence-electron chi connectivity index (χ3n) is 5.22. The number of anilines is 3. The van der Waals surface area contributed by atoms with Crippen LogP contribution in [0.15, 0.2) is 71.2 Å². The van der Waals surface area contributed by atoms with Crippen LogP contribution in [0.3, 0.4) is 0 Å². The van der Waals surface area contributed by atoms with Crippen molar-refractivity contribution in [2.24, 2.45) is 10.2 Å². The molecule has 0 spiro atoms. The van der Waals surface area contributed by atoms with Crippen molar-refractivity contribution < 1.29 is 9.66 Å². The Kier molecular flexibility index (Phi) is 8.04. The lowest BCUT2D eigenvalue weighted by Gasteiger charge is -2.26. The van der Waals surface area contributed by atoms with Crippen molar-refractivity contribution in [3.8, 4) is 0 Å². The van der Waals surface area contributed by atoms with Gasteiger partial charge in [0.25, 0.3) is 0 Å². The second-order valence-corrected chi connectivity index (χ2v) is 7.62. The highest BCUT2D eigenvalue weighted by Crippen LogP contribution is 2.31. The van der Waals surface area contributed by atoms with Crippen molar-refractivity contribution in [1.29, 1.82) is 0 Å². The lowest BCUT2D eigenvalue weighted by atomic mass is 10.3. The van der Waals surface area contributed by atoms with E-state index < -0.39 is 4.92 Å². The Bertz CT molecular complexity index is 1100. The molecular weight excluding hydrogens is 436 g/mol. The van der Waals surface area contributed by atoms with Crippen molar-refractivity contribution in [2.75, 3.05) is 50.0 Å². The van der Waals surface area contributed by atoms with Gasteiger partial charge in [-0.3, -0.25) is 15.0 Å². The quantitative estimate of drug-likeness (QED) is 0.192. The molecule has 0 saturated carbocycles. The number of nitro groups is 1. The molecule has 176 valence electrons. The molecule has 0 radical (unpaired) electrons. The standard InChI is InChI=1S/C23H26N8O3/c32-31(33)21-22(24-11-4-12-30-13-15-34-16-14-30)25-17-26-23(21)27-18-7-9-20(10-8-18)29-28-19-5-2-1-3-6-19/h1-3,5-10,17H,4,11-16H2,(H2,24,25,26,27). The van der Waals surface area contributed by atoms with Crippen LogP contribution in [-0.2, 0) is 4.74 Å². The van der Waals surface area contributed by atoms with Crippen molar-refractivity contribution in [1.82, 2.24) is 14.9 Å². The Labute approximate surface area is 197 Å². The molecule has 1 aliphatic heterocycles. The van der Waals surface area contributed by atoms with E-state index in [0.717, 1.165) is 45.0 Å². The van der Waals surface area contributed by atoms with Crippen LogP contribution in [0.4, 0.5) is 34.4 Å². The van der Waals surface area contributed by atoms with Crippen molar-refractivity contribution in [3.63, 3.8) is 0 Å². The number of hydrogen-bond donors (Lipinski definition) is 2. The maximum absolute atomic E-state index is 11.8. The van der Waals surface area contributed by atoms with E-state index >= 15 is 0 Å². The first-order chi connectivity index (χ1) is 16.7. The maximum atomic E-state index is 11.8. The summed E-state index contributed by atoms with van der Waals surface area (Å²) in [6, 6.07) is 16.5. The van der Waals surface area contributed by atoms with Crippen molar-refractivity contribution in [2.45, 2.75) is 6.42 Å². The average molecular weight is 463 g/mol. The molecule has 1 saturated heterocycles. The van der Waals surface area contributed by atoms with E-state index in [4.69, 9.17) is 4.74 Å². The van der Waals surface area contributed by atoms with Gasteiger partial charge in [0.2, 0.25) is 11.6 Å². The average Bonchev–Trinajstić information content (AvgIpc) is 2.87. The number of morpholine rings is 1. The molecule has 2 aromatic carbocycles. The van der Waals surface area contributed by atoms with E-state index in [1.807, 2.05) is 30.3 Å². The Morgan fingerprint density at radius 2 is 1.65 bits per heavy atom. The number of aromatic nitrogens is 2. The van der Waals surface area contributed by atoms with Gasteiger partial charge >= 0.3 is 5.69 Å². The van der Waals surface area contributed by atoms with Crippen LogP contribution < -0.4 is 10.6 Å². The molecule has 34 heavy (non-hydrogen) atoms. The summed E-state index contributed by atoms with van der Waals surface area (Å²) in [5.74, 6) is 0.312. The van der Waals surface area contributed by atoms with Crippen LogP contribution in [0, 0.1) is 10.1 Å². The van der Waals surface area contributed by atoms with Crippen LogP contribution in [0.2, 0.25) is 0 Å². The van der Waals surface area contributed by atoms with Crippen molar-refractivity contribution >= 4 is 34.4 Å². The summed E-state index contributed by atoms with van der Waals surface area (Å²) in [6.45, 7) is 4.78. The van der Waals surface area contributed by atoms with Gasteiger partial charge in [-0.2, -0.15) is 10.2 Å². The zero-order valence-electron chi connectivity index (χ0n) is 18.6. The molecule has 0 aliphatic carbocycles. The first-order valence-electron chi connectivity index (χ1n) is 11.1. The van der Waals surface area contributed by atoms with Gasteiger partial charge in [0.1, 0.15) is 6.33 Å². The van der Waals surface area contributed by atoms with Gasteiger partial charge in [-0.1, -0.05) is 18.2 Å². The summed E-state index contributed by atoms with van der Waals surface area (Å²) in [4.78, 5) is 21.8. The minimum atomic E-state index is -0.477. The van der Waals surface area contributed by atoms with E-state index in [1.54, 1.807) is 24.3 Å². The van der Waals surface area contributed by atoms with E-state index in [0.29, 0.717) is 17.9 Å². The molecule has 3 aromatic rings. The number of benzene rings is 2. The molecule has 0 unspecified atom stereocenters. The normalized spacial score (nSPS) is 14.2. The number of nitrogens with one attached hydrogen (secondary N) is 2. The Balaban J connectivity index is 1.38. The molecule has 11 nitrogen and oxygen atoms in total. The van der Waals surface area contributed by atoms with Gasteiger partial charge in [-0.25, -0.2) is 9.97 Å². The molecule has 0 bridgehead atoms. The zero-order chi connectivity index (χ0) is 23.6. The Hall–Kier alpha value is -3.96. The second-order valence-electron chi connectivity index (χ2n) is 7.62. The van der Waals surface area contributed by atoms with Gasteiger partial charge in [0, 0.05) is 25.3 Å². The van der Waals surface area contributed by atoms with E-state index in [-0.39, 0.29) is 17.3 Å². The first kappa shape index (κ1) is 23.2. The van der Waals surface area contributed by atoms with E-state index in [2.05, 4.69) is 35.7 Å². The third-order valence-corrected chi connectivity index (χ3v) is 5.22. The summed E-state index contributed by atoms with van der Waals surface area (Å²) in [7, 11) is 0. The molecule has 2 N–H and O–H groups in total. The third kappa shape index (κ3) is 6.53. The summed E-state index contributed by atoms with van der Waals surface area (Å²) in [5.41, 5.74) is 1.86. The topological polar surface area (TPSA) is 130 Å². The number of ether oxygens (including phenoxy) is 1. The highest BCUT2D eigenvalue weighted by atomic mass is 16.6. The Morgan fingerprint density at radius 3 is 2.35 bits per heavy atom. The molecule has 11 heteroatoms. The number of hydrogen-bond acceptors (Lipinski definition) is 10. The van der Waals surface area contributed by atoms with E-state index in [1.165, 1.54) is 6.33 Å². The fourth-order valence-electron chi connectivity index (χ4n) is 3.47. The molecule has 2 heterocycles. The van der Waals surface area contributed by atoms with Gasteiger partial charge in [-0.05, 0) is 49.4 Å². The molecular formula is C23H26N8O3. The number of azo groups is 1. The highest BCUT2D eigenvalue weighted by molar-refractivity contribution is 5.74. The predicted octanol–water partition coefficient (Wildman–Crippen LogP) is 4.68. The minimum Gasteiger partial charge on any atom is -0.379 e. The SMILES string of the molecule is O=[N+]([O-])c1c(NCCCN2CCOCC2)ncnc1Nc1ccc(N=Nc2ccccc2)cc1. The lowest BCUT2D eigenvalue weighted by Crippen LogP contribution is -2.37. The fraction of sp³-hybridized carbons (Fsp3) is 0.304. The number of rotatable bonds is 10. The van der Waals surface area contributed by atoms with Crippen LogP contribution in [0.25, 0.3) is 0 Å². The maximum Gasteiger partial charge on any atom is 0.353 e. The van der Waals surface area contributed by atoms with Crippen LogP contribution in [-0.4, -0.2) is 59.2 Å². The monoisotopic (exact) mass is 462 g/mol. The molecule has 0 amide bonds. The summed E-state index contributed by atoms with van der Waals surface area (Å²) < 4.78 is 5.35. The van der Waals surface area contributed by atoms with Crippen molar-refractivity contribution in [3.05, 3.63) is 71.0 Å². The summed E-state index contributed by atoms with van der Waals surface area (Å²) in [5, 5.41) is 26.3. The smallest absolute Gasteiger partial charge is 0.353 e. The van der Waals surface area contributed by atoms with Gasteiger partial charge < -0.3 is 15.4 Å². The molecule has 4 rings (SSSR count). The minimum absolute atomic E-state index is 0.120. The molecule has 0 atom stereocenters. The van der Waals surface area contributed by atoms with Gasteiger partial charge in [0.05, 0.1) is 29.5 Å². The zero-order valence-corrected chi connectivity index (χ0v) is 18.6. The second kappa shape index (κ2) is 11.8. The first-order valence-corrected chi connectivity index (χ1v) is 11.1. The fourth-order valence-corrected chi connectivity index (χ4v) is 3.47. The largest absolute Gasteiger partial charge is 0.379 e. The van der Waals surface area contributed by atoms with Crippen LogP contribution >= 0.6 is 0 Å². The predicted molar refractivity (Wildman–Crippen MR) is 129 cm³/mol. The summed E-state index contributed by atoms with van der Waals surface area (Å²) in [6.07, 6.45) is 2.14. The van der Waals surface area contributed by atoms with Gasteiger partial charge in [-0.15, -0.1) is 0 Å². The van der Waals surface area contributed by atoms with Crippen LogP contribution in [0.1, 0.15) is 6.42 Å². The lowest BCUT2D eigenvalue weighted by molar-refractivity contribution is -0.383. The van der Waals surface area contributed by atoms with Gasteiger partial charge in [0.15, 0.2) is 0 Å². The molecule has 1 fully saturated rings. The van der Waals surface area contributed by atoms with Crippen LogP contribution in [0.5, 0.6) is 0 Å². The number of nitrogens with zero attached hydrogens (tertiary/aromatic N) is 6. The highest BCUT2D eigenvalue weighted by Gasteiger charge is 2.23. The Morgan fingerprint density at radius 1 is 0.971 bits per heavy atom. The summed E-state index contributed by atoms with van der Waals surface area (Å²) >= 11 is 0. The molecule has 1 aromatic heterocycles. The molecule has 1 aliphatic rings. The van der Waals surface area contributed by atoms with E-state index in [9.17, 15) is 10.1 Å².